The molecule has 0 aliphatic rings. The van der Waals surface area contributed by atoms with E-state index in [0.29, 0.717) is 22.4 Å². The van der Waals surface area contributed by atoms with Gasteiger partial charge in [0.15, 0.2) is 0 Å². The number of sulfonamides is 1. The van der Waals surface area contributed by atoms with Crippen LogP contribution in [0.4, 0.5) is 0 Å². The number of hydrogen-bond acceptors (Lipinski definition) is 4. The normalized spacial score (nSPS) is 11.6. The van der Waals surface area contributed by atoms with Crippen molar-refractivity contribution >= 4 is 20.9 Å². The van der Waals surface area contributed by atoms with E-state index >= 15 is 0 Å². The highest BCUT2D eigenvalue weighted by Gasteiger charge is 2.17. The Morgan fingerprint density at radius 3 is 2.60 bits per heavy atom. The van der Waals surface area contributed by atoms with Gasteiger partial charge in [-0.2, -0.15) is 0 Å². The third-order valence-corrected chi connectivity index (χ3v) is 5.52. The van der Waals surface area contributed by atoms with Gasteiger partial charge in [-0.3, -0.25) is 4.79 Å². The summed E-state index contributed by atoms with van der Waals surface area (Å²) in [5.74, 6) is 0.586. The molecule has 0 saturated carbocycles. The van der Waals surface area contributed by atoms with Crippen molar-refractivity contribution in [2.24, 2.45) is 0 Å². The van der Waals surface area contributed by atoms with Gasteiger partial charge < -0.3 is 9.72 Å². The molecule has 1 heterocycles. The molecule has 0 aliphatic heterocycles. The van der Waals surface area contributed by atoms with Gasteiger partial charge in [0, 0.05) is 17.6 Å². The number of aromatic nitrogens is 1. The summed E-state index contributed by atoms with van der Waals surface area (Å²) in [4.78, 5) is 15.0. The summed E-state index contributed by atoms with van der Waals surface area (Å²) in [5, 5.41) is 0.844. The Hall–Kier alpha value is -2.64. The molecule has 0 fully saturated rings. The fraction of sp³-hybridized carbons (Fsp3) is 0.167. The maximum atomic E-state index is 12.5. The van der Waals surface area contributed by atoms with Gasteiger partial charge in [0.25, 0.3) is 5.56 Å². The van der Waals surface area contributed by atoms with E-state index in [1.165, 1.54) is 13.2 Å². The van der Waals surface area contributed by atoms with Crippen LogP contribution in [0.3, 0.4) is 0 Å². The lowest BCUT2D eigenvalue weighted by atomic mass is 10.1. The summed E-state index contributed by atoms with van der Waals surface area (Å²) in [6, 6.07) is 13.8. The van der Waals surface area contributed by atoms with Crippen LogP contribution in [-0.4, -0.2) is 20.5 Å². The maximum absolute atomic E-state index is 12.5. The zero-order chi connectivity index (χ0) is 18.0. The van der Waals surface area contributed by atoms with Crippen LogP contribution >= 0.6 is 0 Å². The molecule has 0 saturated heterocycles. The standard InChI is InChI=1S/C18H18N2O4S/c1-12-9-15(24-2)7-8-17(12)25(22,23)19-11-14-10-13-5-3-4-6-16(13)20-18(14)21/h3-10,19H,11H2,1-2H3,(H,20,21). The van der Waals surface area contributed by atoms with E-state index in [2.05, 4.69) is 9.71 Å². The number of rotatable bonds is 5. The van der Waals surface area contributed by atoms with E-state index < -0.39 is 10.0 Å². The molecular weight excluding hydrogens is 340 g/mol. The highest BCUT2D eigenvalue weighted by Crippen LogP contribution is 2.21. The molecule has 0 bridgehead atoms. The third-order valence-electron chi connectivity index (χ3n) is 3.95. The highest BCUT2D eigenvalue weighted by molar-refractivity contribution is 7.89. The Morgan fingerprint density at radius 2 is 1.88 bits per heavy atom. The minimum absolute atomic E-state index is 0.0893. The summed E-state index contributed by atoms with van der Waals surface area (Å²) in [6.07, 6.45) is 0. The molecule has 3 aromatic rings. The van der Waals surface area contributed by atoms with Crippen LogP contribution < -0.4 is 15.0 Å². The highest BCUT2D eigenvalue weighted by atomic mass is 32.2. The van der Waals surface area contributed by atoms with Gasteiger partial charge in [-0.25, -0.2) is 13.1 Å². The molecule has 25 heavy (non-hydrogen) atoms. The lowest BCUT2D eigenvalue weighted by Crippen LogP contribution is -2.27. The smallest absolute Gasteiger partial charge is 0.252 e. The lowest BCUT2D eigenvalue weighted by molar-refractivity contribution is 0.414. The molecule has 3 rings (SSSR count). The Labute approximate surface area is 145 Å². The molecule has 0 radical (unpaired) electrons. The van der Waals surface area contributed by atoms with E-state index in [1.54, 1.807) is 31.2 Å². The number of para-hydroxylation sites is 1. The Kier molecular flexibility index (Phi) is 4.61. The number of methoxy groups -OCH3 is 1. The van der Waals surface area contributed by atoms with Gasteiger partial charge >= 0.3 is 0 Å². The molecule has 6 nitrogen and oxygen atoms in total. The second-order valence-electron chi connectivity index (χ2n) is 5.67. The van der Waals surface area contributed by atoms with Gasteiger partial charge in [0.05, 0.1) is 12.0 Å². The first-order valence-electron chi connectivity index (χ1n) is 7.66. The van der Waals surface area contributed by atoms with Crippen LogP contribution in [0.1, 0.15) is 11.1 Å². The Morgan fingerprint density at radius 1 is 1.12 bits per heavy atom. The monoisotopic (exact) mass is 358 g/mol. The summed E-state index contributed by atoms with van der Waals surface area (Å²) in [5.41, 5.74) is 1.32. The minimum Gasteiger partial charge on any atom is -0.497 e. The van der Waals surface area contributed by atoms with E-state index in [4.69, 9.17) is 4.74 Å². The first-order chi connectivity index (χ1) is 11.9. The zero-order valence-corrected chi connectivity index (χ0v) is 14.7. The number of pyridine rings is 1. The van der Waals surface area contributed by atoms with Crippen molar-refractivity contribution in [2.45, 2.75) is 18.4 Å². The predicted octanol–water partition coefficient (Wildman–Crippen LogP) is 2.32. The van der Waals surface area contributed by atoms with E-state index in [9.17, 15) is 13.2 Å². The summed E-state index contributed by atoms with van der Waals surface area (Å²) >= 11 is 0. The van der Waals surface area contributed by atoms with Crippen molar-refractivity contribution in [3.8, 4) is 5.75 Å². The zero-order valence-electron chi connectivity index (χ0n) is 13.9. The van der Waals surface area contributed by atoms with Gasteiger partial charge in [0.1, 0.15) is 5.75 Å². The molecule has 130 valence electrons. The van der Waals surface area contributed by atoms with E-state index in [-0.39, 0.29) is 17.0 Å². The molecule has 0 unspecified atom stereocenters. The van der Waals surface area contributed by atoms with E-state index in [0.717, 1.165) is 5.39 Å². The number of benzene rings is 2. The van der Waals surface area contributed by atoms with Crippen LogP contribution in [0.15, 0.2) is 58.2 Å². The fourth-order valence-electron chi connectivity index (χ4n) is 2.62. The van der Waals surface area contributed by atoms with Crippen molar-refractivity contribution in [1.82, 2.24) is 9.71 Å². The molecule has 1 aromatic heterocycles. The average Bonchev–Trinajstić information content (AvgIpc) is 2.59. The van der Waals surface area contributed by atoms with Crippen molar-refractivity contribution in [3.05, 3.63) is 70.0 Å². The predicted molar refractivity (Wildman–Crippen MR) is 96.3 cm³/mol. The number of aryl methyl sites for hydroxylation is 1. The molecule has 0 amide bonds. The number of fused-ring (bicyclic) bond motifs is 1. The molecule has 0 atom stereocenters. The van der Waals surface area contributed by atoms with Crippen LogP contribution in [0.5, 0.6) is 5.75 Å². The quantitative estimate of drug-likeness (QED) is 0.733. The molecule has 0 aliphatic carbocycles. The van der Waals surface area contributed by atoms with Gasteiger partial charge in [0.2, 0.25) is 10.0 Å². The topological polar surface area (TPSA) is 88.3 Å². The summed E-state index contributed by atoms with van der Waals surface area (Å²) in [7, 11) is -2.22. The van der Waals surface area contributed by atoms with Gasteiger partial charge in [-0.05, 0) is 48.2 Å². The fourth-order valence-corrected chi connectivity index (χ4v) is 3.86. The van der Waals surface area contributed by atoms with Crippen molar-refractivity contribution in [3.63, 3.8) is 0 Å². The lowest BCUT2D eigenvalue weighted by Gasteiger charge is -2.10. The molecule has 7 heteroatoms. The van der Waals surface area contributed by atoms with Gasteiger partial charge in [-0.1, -0.05) is 18.2 Å². The largest absolute Gasteiger partial charge is 0.497 e. The SMILES string of the molecule is COc1ccc(S(=O)(=O)NCc2cc3ccccc3[nH]c2=O)c(C)c1. The van der Waals surface area contributed by atoms with Crippen molar-refractivity contribution < 1.29 is 13.2 Å². The number of aromatic amines is 1. The first kappa shape index (κ1) is 17.2. The third kappa shape index (κ3) is 3.57. The van der Waals surface area contributed by atoms with Crippen LogP contribution in [0, 0.1) is 6.92 Å². The summed E-state index contributed by atoms with van der Waals surface area (Å²) < 4.78 is 32.6. The second-order valence-corrected chi connectivity index (χ2v) is 7.40. The van der Waals surface area contributed by atoms with Crippen LogP contribution in [0.25, 0.3) is 10.9 Å². The number of ether oxygens (including phenoxy) is 1. The van der Waals surface area contributed by atoms with Crippen LogP contribution in [0.2, 0.25) is 0 Å². The van der Waals surface area contributed by atoms with Gasteiger partial charge in [-0.15, -0.1) is 0 Å². The number of hydrogen-bond donors (Lipinski definition) is 2. The Bertz CT molecular complexity index is 1090. The minimum atomic E-state index is -3.74. The second kappa shape index (κ2) is 6.70. The Balaban J connectivity index is 1.88. The molecule has 2 aromatic carbocycles. The number of H-pyrrole nitrogens is 1. The van der Waals surface area contributed by atoms with Crippen molar-refractivity contribution in [1.29, 1.82) is 0 Å². The maximum Gasteiger partial charge on any atom is 0.252 e. The average molecular weight is 358 g/mol. The van der Waals surface area contributed by atoms with Crippen LogP contribution in [-0.2, 0) is 16.6 Å². The molecular formula is C18H18N2O4S. The number of nitrogens with one attached hydrogen (secondary N) is 2. The first-order valence-corrected chi connectivity index (χ1v) is 9.14. The molecule has 0 spiro atoms. The molecule has 2 N–H and O–H groups in total. The van der Waals surface area contributed by atoms with E-state index in [1.807, 2.05) is 18.2 Å². The summed E-state index contributed by atoms with van der Waals surface area (Å²) in [6.45, 7) is 1.61. The van der Waals surface area contributed by atoms with Crippen molar-refractivity contribution in [2.75, 3.05) is 7.11 Å².